The first-order chi connectivity index (χ1) is 13.6. The molecule has 1 amide bonds. The van der Waals surface area contributed by atoms with E-state index in [2.05, 4.69) is 10.3 Å². The van der Waals surface area contributed by atoms with Crippen LogP contribution in [0.1, 0.15) is 10.4 Å². The number of methoxy groups -OCH3 is 1. The van der Waals surface area contributed by atoms with Crippen molar-refractivity contribution in [3.8, 4) is 5.75 Å². The second-order valence-corrected chi connectivity index (χ2v) is 8.40. The summed E-state index contributed by atoms with van der Waals surface area (Å²) in [5.74, 6) is -2.27. The van der Waals surface area contributed by atoms with Gasteiger partial charge in [0.2, 0.25) is 10.0 Å². The summed E-state index contributed by atoms with van der Waals surface area (Å²) in [4.78, 5) is 16.6. The fraction of sp³-hybridized carbons (Fsp3) is 0.158. The van der Waals surface area contributed by atoms with Crippen LogP contribution < -0.4 is 10.1 Å². The van der Waals surface area contributed by atoms with E-state index in [9.17, 15) is 22.0 Å². The highest BCUT2D eigenvalue weighted by Crippen LogP contribution is 2.28. The number of rotatable bonds is 5. The lowest BCUT2D eigenvalue weighted by molar-refractivity contribution is 0.102. The van der Waals surface area contributed by atoms with Crippen LogP contribution in [0.3, 0.4) is 0 Å². The van der Waals surface area contributed by atoms with Crippen LogP contribution >= 0.6 is 0 Å². The highest BCUT2D eigenvalue weighted by atomic mass is 32.2. The molecular weight excluding hydrogens is 404 g/mol. The van der Waals surface area contributed by atoms with Gasteiger partial charge in [-0.1, -0.05) is 0 Å². The number of halogens is 2. The molecule has 1 aromatic heterocycles. The van der Waals surface area contributed by atoms with Crippen LogP contribution in [0.2, 0.25) is 0 Å². The predicted octanol–water partition coefficient (Wildman–Crippen LogP) is 3.02. The van der Waals surface area contributed by atoms with Gasteiger partial charge in [0, 0.05) is 31.7 Å². The molecule has 0 spiro atoms. The van der Waals surface area contributed by atoms with E-state index < -0.39 is 27.6 Å². The number of amides is 1. The molecule has 3 aromatic rings. The number of benzene rings is 2. The summed E-state index contributed by atoms with van der Waals surface area (Å²) in [6.45, 7) is 0. The third-order valence-electron chi connectivity index (χ3n) is 4.21. The van der Waals surface area contributed by atoms with Gasteiger partial charge < -0.3 is 10.1 Å². The van der Waals surface area contributed by atoms with Crippen LogP contribution in [0.4, 0.5) is 14.5 Å². The summed E-state index contributed by atoms with van der Waals surface area (Å²) < 4.78 is 58.5. The number of hydrogen-bond acceptors (Lipinski definition) is 5. The Kier molecular flexibility index (Phi) is 5.49. The van der Waals surface area contributed by atoms with E-state index in [1.165, 1.54) is 51.7 Å². The fourth-order valence-electron chi connectivity index (χ4n) is 2.71. The topological polar surface area (TPSA) is 88.6 Å². The molecule has 0 bridgehead atoms. The minimum atomic E-state index is -3.79. The summed E-state index contributed by atoms with van der Waals surface area (Å²) in [7, 11) is 0.277. The summed E-state index contributed by atoms with van der Waals surface area (Å²) >= 11 is 0. The van der Waals surface area contributed by atoms with Crippen LogP contribution in [0.5, 0.6) is 5.75 Å². The molecular formula is C19H17F2N3O4S. The molecule has 0 aliphatic heterocycles. The number of nitrogens with one attached hydrogen (secondary N) is 1. The number of sulfonamides is 1. The second kappa shape index (κ2) is 7.72. The average Bonchev–Trinajstić information content (AvgIpc) is 2.67. The number of carbonyl (C=O) groups is 1. The fourth-order valence-corrected chi connectivity index (χ4v) is 3.64. The van der Waals surface area contributed by atoms with Crippen LogP contribution in [0.15, 0.2) is 47.5 Å². The first-order valence-corrected chi connectivity index (χ1v) is 9.75. The standard InChI is InChI=1S/C19H17F2N3O4S/c1-24(2)29(26,27)12-4-5-17(28-3)14(10-12)19(25)23-16-6-7-22-18-13(16)8-11(20)9-15(18)21/h4-10H,1-3H3,(H,22,23,25). The molecule has 2 aromatic carbocycles. The molecule has 0 saturated heterocycles. The molecule has 29 heavy (non-hydrogen) atoms. The van der Waals surface area contributed by atoms with E-state index in [1.54, 1.807) is 0 Å². The highest BCUT2D eigenvalue weighted by Gasteiger charge is 2.22. The number of fused-ring (bicyclic) bond motifs is 1. The first kappa shape index (κ1) is 20.6. The van der Waals surface area contributed by atoms with Crippen molar-refractivity contribution in [2.75, 3.05) is 26.5 Å². The molecule has 0 aliphatic carbocycles. The van der Waals surface area contributed by atoms with Crippen LogP contribution in [0, 0.1) is 11.6 Å². The van der Waals surface area contributed by atoms with Gasteiger partial charge in [0.05, 0.1) is 23.3 Å². The predicted molar refractivity (Wildman–Crippen MR) is 103 cm³/mol. The van der Waals surface area contributed by atoms with Crippen molar-refractivity contribution in [3.05, 3.63) is 59.8 Å². The number of anilines is 1. The molecule has 0 radical (unpaired) electrons. The van der Waals surface area contributed by atoms with E-state index in [1.807, 2.05) is 0 Å². The normalized spacial score (nSPS) is 11.7. The Balaban J connectivity index is 2.07. The monoisotopic (exact) mass is 421 g/mol. The highest BCUT2D eigenvalue weighted by molar-refractivity contribution is 7.89. The average molecular weight is 421 g/mol. The van der Waals surface area contributed by atoms with E-state index >= 15 is 0 Å². The zero-order valence-electron chi connectivity index (χ0n) is 15.7. The van der Waals surface area contributed by atoms with E-state index in [4.69, 9.17) is 4.74 Å². The first-order valence-electron chi connectivity index (χ1n) is 8.31. The summed E-state index contributed by atoms with van der Waals surface area (Å²) in [5, 5.41) is 2.60. The van der Waals surface area contributed by atoms with E-state index in [0.717, 1.165) is 10.4 Å². The molecule has 7 nitrogen and oxygen atoms in total. The van der Waals surface area contributed by atoms with E-state index in [-0.39, 0.29) is 32.8 Å². The summed E-state index contributed by atoms with van der Waals surface area (Å²) in [6.07, 6.45) is 1.27. The molecule has 152 valence electrons. The smallest absolute Gasteiger partial charge is 0.259 e. The van der Waals surface area contributed by atoms with Crippen molar-refractivity contribution in [2.45, 2.75) is 4.90 Å². The van der Waals surface area contributed by atoms with Gasteiger partial charge in [0.1, 0.15) is 17.1 Å². The van der Waals surface area contributed by atoms with Gasteiger partial charge in [-0.2, -0.15) is 0 Å². The van der Waals surface area contributed by atoms with Crippen molar-refractivity contribution in [2.24, 2.45) is 0 Å². The largest absolute Gasteiger partial charge is 0.496 e. The van der Waals surface area contributed by atoms with Crippen LogP contribution in [-0.2, 0) is 10.0 Å². The minimum absolute atomic E-state index is 0.0581. The maximum atomic E-state index is 14.0. The Hall–Kier alpha value is -3.11. The second-order valence-electron chi connectivity index (χ2n) is 6.25. The Morgan fingerprint density at radius 2 is 1.86 bits per heavy atom. The molecule has 0 fully saturated rings. The quantitative estimate of drug-likeness (QED) is 0.684. The minimum Gasteiger partial charge on any atom is -0.496 e. The number of pyridine rings is 1. The van der Waals surface area contributed by atoms with Crippen LogP contribution in [-0.4, -0.2) is 44.8 Å². The van der Waals surface area contributed by atoms with Crippen molar-refractivity contribution in [1.82, 2.24) is 9.29 Å². The zero-order valence-corrected chi connectivity index (χ0v) is 16.5. The van der Waals surface area contributed by atoms with Crippen LogP contribution in [0.25, 0.3) is 10.9 Å². The molecule has 0 saturated carbocycles. The molecule has 0 unspecified atom stereocenters. The van der Waals surface area contributed by atoms with Gasteiger partial charge in [-0.25, -0.2) is 21.5 Å². The third-order valence-corrected chi connectivity index (χ3v) is 6.02. The third kappa shape index (κ3) is 3.89. The summed E-state index contributed by atoms with van der Waals surface area (Å²) in [6, 6.07) is 6.97. The van der Waals surface area contributed by atoms with Gasteiger partial charge >= 0.3 is 0 Å². The van der Waals surface area contributed by atoms with Crippen molar-refractivity contribution in [1.29, 1.82) is 0 Å². The molecule has 3 rings (SSSR count). The Morgan fingerprint density at radius 1 is 1.14 bits per heavy atom. The Labute approximate surface area is 166 Å². The number of hydrogen-bond donors (Lipinski definition) is 1. The van der Waals surface area contributed by atoms with Crippen molar-refractivity contribution in [3.63, 3.8) is 0 Å². The number of aromatic nitrogens is 1. The van der Waals surface area contributed by atoms with Gasteiger partial charge in [-0.15, -0.1) is 0 Å². The van der Waals surface area contributed by atoms with Gasteiger partial charge in [0.15, 0.2) is 5.82 Å². The molecule has 1 heterocycles. The number of nitrogens with zero attached hydrogens (tertiary/aromatic N) is 2. The van der Waals surface area contributed by atoms with Crippen molar-refractivity contribution < 1.29 is 26.7 Å². The number of carbonyl (C=O) groups excluding carboxylic acids is 1. The summed E-state index contributed by atoms with van der Waals surface area (Å²) in [5.41, 5.74) is -0.0568. The maximum Gasteiger partial charge on any atom is 0.259 e. The molecule has 10 heteroatoms. The maximum absolute atomic E-state index is 14.0. The van der Waals surface area contributed by atoms with Gasteiger partial charge in [0.25, 0.3) is 5.91 Å². The Morgan fingerprint density at radius 3 is 2.52 bits per heavy atom. The Bertz CT molecular complexity index is 1210. The van der Waals surface area contributed by atoms with E-state index in [0.29, 0.717) is 6.07 Å². The molecule has 1 N–H and O–H groups in total. The van der Waals surface area contributed by atoms with Gasteiger partial charge in [-0.05, 0) is 30.3 Å². The lowest BCUT2D eigenvalue weighted by atomic mass is 10.1. The van der Waals surface area contributed by atoms with Gasteiger partial charge in [-0.3, -0.25) is 9.78 Å². The zero-order chi connectivity index (χ0) is 21.3. The SMILES string of the molecule is COc1ccc(S(=O)(=O)N(C)C)cc1C(=O)Nc1ccnc2c(F)cc(F)cc12. The lowest BCUT2D eigenvalue weighted by Gasteiger charge is -2.15. The lowest BCUT2D eigenvalue weighted by Crippen LogP contribution is -2.23. The molecule has 0 aliphatic rings. The van der Waals surface area contributed by atoms with Crippen molar-refractivity contribution >= 4 is 32.5 Å². The number of ether oxygens (including phenoxy) is 1. The molecule has 0 atom stereocenters.